The van der Waals surface area contributed by atoms with Crippen molar-refractivity contribution < 1.29 is 9.53 Å². The smallest absolute Gasteiger partial charge is 0.274 e. The Hall–Kier alpha value is -2.54. The third kappa shape index (κ3) is 3.53. The number of ether oxygens (including phenoxy) is 1. The summed E-state index contributed by atoms with van der Waals surface area (Å²) in [5.74, 6) is -0.0469. The van der Waals surface area contributed by atoms with Crippen LogP contribution in [0.2, 0.25) is 0 Å². The molecule has 2 aliphatic rings. The number of hydrogen-bond acceptors (Lipinski definition) is 6. The van der Waals surface area contributed by atoms with Gasteiger partial charge in [0, 0.05) is 50.2 Å². The lowest BCUT2D eigenvalue weighted by molar-refractivity contribution is 0.0133. The largest absolute Gasteiger partial charge is 0.379 e. The third-order valence-corrected chi connectivity index (χ3v) is 5.18. The van der Waals surface area contributed by atoms with Gasteiger partial charge in [-0.05, 0) is 25.0 Å². The standard InChI is InChI=1S/C19H23N5O2/c25-18(17-12-21-6-7-22-17)24-8-2-4-19(14-24)13-23(9-10-26-15-19)16-3-1-5-20-11-16/h1,3,5-7,11-12H,2,4,8-10,13-15H2/t19-/m1/s1. The van der Waals surface area contributed by atoms with Crippen LogP contribution < -0.4 is 4.90 Å². The summed E-state index contributed by atoms with van der Waals surface area (Å²) in [6, 6.07) is 4.04. The van der Waals surface area contributed by atoms with E-state index in [-0.39, 0.29) is 11.3 Å². The van der Waals surface area contributed by atoms with Crippen molar-refractivity contribution in [2.75, 3.05) is 44.3 Å². The van der Waals surface area contributed by atoms with E-state index in [1.807, 2.05) is 17.2 Å². The number of carbonyl (C=O) groups is 1. The van der Waals surface area contributed by atoms with E-state index in [0.29, 0.717) is 25.5 Å². The molecule has 136 valence electrons. The van der Waals surface area contributed by atoms with Crippen molar-refractivity contribution in [3.63, 3.8) is 0 Å². The van der Waals surface area contributed by atoms with Gasteiger partial charge >= 0.3 is 0 Å². The highest BCUT2D eigenvalue weighted by atomic mass is 16.5. The van der Waals surface area contributed by atoms with Crippen molar-refractivity contribution >= 4 is 11.6 Å². The van der Waals surface area contributed by atoms with E-state index in [4.69, 9.17) is 4.74 Å². The Kier molecular flexibility index (Phi) is 4.79. The molecule has 7 heteroatoms. The van der Waals surface area contributed by atoms with E-state index < -0.39 is 0 Å². The molecule has 1 spiro atoms. The molecule has 4 rings (SSSR count). The maximum absolute atomic E-state index is 12.8. The summed E-state index contributed by atoms with van der Waals surface area (Å²) in [5.41, 5.74) is 1.44. The Bertz CT molecular complexity index is 742. The molecule has 0 N–H and O–H groups in total. The van der Waals surface area contributed by atoms with E-state index in [9.17, 15) is 4.79 Å². The van der Waals surface area contributed by atoms with Crippen molar-refractivity contribution in [3.05, 3.63) is 48.8 Å². The number of pyridine rings is 1. The minimum atomic E-state index is -0.0670. The lowest BCUT2D eigenvalue weighted by atomic mass is 9.80. The number of carbonyl (C=O) groups excluding carboxylic acids is 1. The SMILES string of the molecule is O=C(c1cnccn1)N1CCC[C@]2(COCCN(c3cccnc3)C2)C1. The molecule has 2 aliphatic heterocycles. The summed E-state index contributed by atoms with van der Waals surface area (Å²) < 4.78 is 5.95. The highest BCUT2D eigenvalue weighted by molar-refractivity contribution is 5.92. The first kappa shape index (κ1) is 16.9. The molecule has 0 unspecified atom stereocenters. The maximum atomic E-state index is 12.8. The molecule has 7 nitrogen and oxygen atoms in total. The van der Waals surface area contributed by atoms with E-state index in [1.165, 1.54) is 6.20 Å². The van der Waals surface area contributed by atoms with E-state index in [2.05, 4.69) is 25.9 Å². The van der Waals surface area contributed by atoms with Gasteiger partial charge in [0.1, 0.15) is 5.69 Å². The van der Waals surface area contributed by atoms with Gasteiger partial charge in [0.15, 0.2) is 0 Å². The average Bonchev–Trinajstić information content (AvgIpc) is 2.91. The van der Waals surface area contributed by atoms with Gasteiger partial charge in [-0.15, -0.1) is 0 Å². The van der Waals surface area contributed by atoms with Gasteiger partial charge in [-0.25, -0.2) is 4.98 Å². The molecule has 0 bridgehead atoms. The van der Waals surface area contributed by atoms with Crippen LogP contribution >= 0.6 is 0 Å². The third-order valence-electron chi connectivity index (χ3n) is 5.18. The van der Waals surface area contributed by atoms with Gasteiger partial charge in [-0.2, -0.15) is 0 Å². The Labute approximate surface area is 153 Å². The molecule has 0 saturated carbocycles. The molecule has 1 atom stereocenters. The summed E-state index contributed by atoms with van der Waals surface area (Å²) >= 11 is 0. The Morgan fingerprint density at radius 2 is 2.04 bits per heavy atom. The summed E-state index contributed by atoms with van der Waals surface area (Å²) in [5, 5.41) is 0. The summed E-state index contributed by atoms with van der Waals surface area (Å²) in [6.07, 6.45) is 10.4. The number of nitrogens with zero attached hydrogens (tertiary/aromatic N) is 5. The van der Waals surface area contributed by atoms with Gasteiger partial charge in [-0.1, -0.05) is 0 Å². The number of amides is 1. The summed E-state index contributed by atoms with van der Waals surface area (Å²) in [6.45, 7) is 4.50. The maximum Gasteiger partial charge on any atom is 0.274 e. The van der Waals surface area contributed by atoms with Crippen molar-refractivity contribution in [2.45, 2.75) is 12.8 Å². The van der Waals surface area contributed by atoms with E-state index in [0.717, 1.165) is 38.2 Å². The number of rotatable bonds is 2. The molecular weight excluding hydrogens is 330 g/mol. The molecule has 0 aliphatic carbocycles. The first-order valence-electron chi connectivity index (χ1n) is 9.04. The van der Waals surface area contributed by atoms with Crippen LogP contribution in [0.4, 0.5) is 5.69 Å². The van der Waals surface area contributed by atoms with Crippen LogP contribution in [0, 0.1) is 5.41 Å². The Balaban J connectivity index is 1.53. The fourth-order valence-corrected chi connectivity index (χ4v) is 3.95. The number of aromatic nitrogens is 3. The molecule has 26 heavy (non-hydrogen) atoms. The van der Waals surface area contributed by atoms with Crippen LogP contribution in [0.3, 0.4) is 0 Å². The number of likely N-dealkylation sites (tertiary alicyclic amines) is 1. The summed E-state index contributed by atoms with van der Waals surface area (Å²) in [4.78, 5) is 29.5. The zero-order chi connectivity index (χ0) is 17.8. The second kappa shape index (κ2) is 7.37. The predicted octanol–water partition coefficient (Wildman–Crippen LogP) is 1.63. The second-order valence-electron chi connectivity index (χ2n) is 7.11. The minimum absolute atomic E-state index is 0.0469. The quantitative estimate of drug-likeness (QED) is 0.817. The summed E-state index contributed by atoms with van der Waals surface area (Å²) in [7, 11) is 0. The van der Waals surface area contributed by atoms with Crippen molar-refractivity contribution in [1.82, 2.24) is 19.9 Å². The van der Waals surface area contributed by atoms with Gasteiger partial charge in [0.25, 0.3) is 5.91 Å². The molecule has 1 amide bonds. The zero-order valence-electron chi connectivity index (χ0n) is 14.8. The first-order valence-corrected chi connectivity index (χ1v) is 9.04. The van der Waals surface area contributed by atoms with Crippen molar-refractivity contribution in [2.24, 2.45) is 5.41 Å². The van der Waals surface area contributed by atoms with Crippen LogP contribution in [-0.4, -0.2) is 65.2 Å². The zero-order valence-corrected chi connectivity index (χ0v) is 14.8. The van der Waals surface area contributed by atoms with Crippen LogP contribution in [0.25, 0.3) is 0 Å². The van der Waals surface area contributed by atoms with Gasteiger partial charge in [-0.3, -0.25) is 14.8 Å². The predicted molar refractivity (Wildman–Crippen MR) is 96.9 cm³/mol. The fourth-order valence-electron chi connectivity index (χ4n) is 3.95. The van der Waals surface area contributed by atoms with Crippen LogP contribution in [0.15, 0.2) is 43.1 Å². The van der Waals surface area contributed by atoms with Gasteiger partial charge in [0.2, 0.25) is 0 Å². The van der Waals surface area contributed by atoms with Gasteiger partial charge in [0.05, 0.1) is 31.3 Å². The van der Waals surface area contributed by atoms with E-state index in [1.54, 1.807) is 18.6 Å². The van der Waals surface area contributed by atoms with Crippen molar-refractivity contribution in [3.8, 4) is 0 Å². The Morgan fingerprint density at radius 3 is 2.85 bits per heavy atom. The highest BCUT2D eigenvalue weighted by Crippen LogP contribution is 2.34. The second-order valence-corrected chi connectivity index (χ2v) is 7.11. The molecule has 0 radical (unpaired) electrons. The van der Waals surface area contributed by atoms with Crippen LogP contribution in [0.5, 0.6) is 0 Å². The van der Waals surface area contributed by atoms with Crippen LogP contribution in [0.1, 0.15) is 23.3 Å². The number of hydrogen-bond donors (Lipinski definition) is 0. The minimum Gasteiger partial charge on any atom is -0.379 e. The molecule has 2 aromatic heterocycles. The first-order chi connectivity index (χ1) is 12.8. The molecule has 4 heterocycles. The van der Waals surface area contributed by atoms with Crippen molar-refractivity contribution in [1.29, 1.82) is 0 Å². The fraction of sp³-hybridized carbons (Fsp3) is 0.474. The topological polar surface area (TPSA) is 71.5 Å². The lowest BCUT2D eigenvalue weighted by Gasteiger charge is -2.43. The highest BCUT2D eigenvalue weighted by Gasteiger charge is 2.40. The molecule has 0 aromatic carbocycles. The molecule has 2 aromatic rings. The van der Waals surface area contributed by atoms with Gasteiger partial charge < -0.3 is 14.5 Å². The monoisotopic (exact) mass is 353 g/mol. The number of anilines is 1. The molecule has 2 fully saturated rings. The van der Waals surface area contributed by atoms with Crippen LogP contribution in [-0.2, 0) is 4.74 Å². The molecule has 2 saturated heterocycles. The average molecular weight is 353 g/mol. The number of piperidine rings is 1. The molecular formula is C19H23N5O2. The Morgan fingerprint density at radius 1 is 1.12 bits per heavy atom. The van der Waals surface area contributed by atoms with E-state index >= 15 is 0 Å². The normalized spacial score (nSPS) is 23.7. The lowest BCUT2D eigenvalue weighted by Crippen LogP contribution is -2.52.